The molecule has 0 aliphatic rings. The fraction of sp³-hybridized carbons (Fsp3) is 0.250. The third kappa shape index (κ3) is 3.21. The van der Waals surface area contributed by atoms with Crippen LogP contribution in [0, 0.1) is 0 Å². The van der Waals surface area contributed by atoms with Crippen molar-refractivity contribution in [1.29, 1.82) is 0 Å². The van der Waals surface area contributed by atoms with Gasteiger partial charge in [-0.1, -0.05) is 11.8 Å². The van der Waals surface area contributed by atoms with E-state index in [-0.39, 0.29) is 11.7 Å². The molecule has 0 unspecified atom stereocenters. The summed E-state index contributed by atoms with van der Waals surface area (Å²) in [4.78, 5) is 10.6. The highest BCUT2D eigenvalue weighted by Gasteiger charge is 2.13. The minimum atomic E-state index is -0.921. The Bertz CT molecular complexity index is 597. The van der Waals surface area contributed by atoms with Gasteiger partial charge in [0.25, 0.3) is 0 Å². The standard InChI is InChI=1S/C12H14N4O3S/c1-2-19-9-5-3-8(4-6-9)16-11(13)14-15-12(16)20-7-10(17)18/h3-6H,2,7H2,1H3,(H2,13,14)(H,17,18). The topological polar surface area (TPSA) is 103 Å². The third-order valence-electron chi connectivity index (χ3n) is 2.39. The van der Waals surface area contributed by atoms with E-state index in [1.165, 1.54) is 0 Å². The molecule has 0 amide bonds. The number of anilines is 1. The van der Waals surface area contributed by atoms with E-state index >= 15 is 0 Å². The second-order valence-corrected chi connectivity index (χ2v) is 4.73. The number of nitrogens with two attached hydrogens (primary N) is 1. The van der Waals surface area contributed by atoms with Gasteiger partial charge in [-0.15, -0.1) is 10.2 Å². The number of carboxylic acids is 1. The molecule has 8 heteroatoms. The molecular weight excluding hydrogens is 280 g/mol. The molecule has 1 aromatic heterocycles. The number of nitrogen functional groups attached to an aromatic ring is 1. The molecule has 0 bridgehead atoms. The quantitative estimate of drug-likeness (QED) is 0.776. The summed E-state index contributed by atoms with van der Waals surface area (Å²) in [6.45, 7) is 2.50. The predicted octanol–water partition coefficient (Wildman–Crippen LogP) is 1.42. The lowest BCUT2D eigenvalue weighted by atomic mass is 10.3. The molecule has 0 saturated carbocycles. The van der Waals surface area contributed by atoms with E-state index in [0.717, 1.165) is 23.2 Å². The van der Waals surface area contributed by atoms with E-state index < -0.39 is 5.97 Å². The second-order valence-electron chi connectivity index (χ2n) is 3.79. The van der Waals surface area contributed by atoms with Crippen LogP contribution in [0.4, 0.5) is 5.95 Å². The first-order valence-corrected chi connectivity index (χ1v) is 6.89. The van der Waals surface area contributed by atoms with E-state index in [0.29, 0.717) is 11.8 Å². The van der Waals surface area contributed by atoms with Gasteiger partial charge in [-0.3, -0.25) is 9.36 Å². The molecule has 0 spiro atoms. The lowest BCUT2D eigenvalue weighted by molar-refractivity contribution is -0.133. The highest BCUT2D eigenvalue weighted by atomic mass is 32.2. The Morgan fingerprint density at radius 1 is 1.40 bits per heavy atom. The number of rotatable bonds is 6. The van der Waals surface area contributed by atoms with E-state index in [2.05, 4.69) is 10.2 Å². The zero-order chi connectivity index (χ0) is 14.5. The maximum atomic E-state index is 10.6. The van der Waals surface area contributed by atoms with Gasteiger partial charge in [0.05, 0.1) is 18.0 Å². The number of thioether (sulfide) groups is 1. The molecule has 7 nitrogen and oxygen atoms in total. The first-order valence-electron chi connectivity index (χ1n) is 5.90. The molecule has 1 aromatic carbocycles. The van der Waals surface area contributed by atoms with E-state index in [9.17, 15) is 4.79 Å². The van der Waals surface area contributed by atoms with Crippen molar-refractivity contribution in [3.63, 3.8) is 0 Å². The number of aliphatic carboxylic acids is 1. The summed E-state index contributed by atoms with van der Waals surface area (Å²) in [6.07, 6.45) is 0. The molecule has 0 saturated heterocycles. The fourth-order valence-corrected chi connectivity index (χ4v) is 2.28. The number of benzene rings is 1. The molecular formula is C12H14N4O3S. The van der Waals surface area contributed by atoms with Crippen LogP contribution in [0.2, 0.25) is 0 Å². The van der Waals surface area contributed by atoms with Crippen LogP contribution in [0.3, 0.4) is 0 Å². The molecule has 3 N–H and O–H groups in total. The molecule has 0 aliphatic carbocycles. The molecule has 0 aliphatic heterocycles. The van der Waals surface area contributed by atoms with Gasteiger partial charge >= 0.3 is 5.97 Å². The molecule has 2 aromatic rings. The molecule has 2 rings (SSSR count). The van der Waals surface area contributed by atoms with E-state index in [1.54, 1.807) is 4.57 Å². The predicted molar refractivity (Wildman–Crippen MR) is 75.3 cm³/mol. The average Bonchev–Trinajstić information content (AvgIpc) is 2.79. The van der Waals surface area contributed by atoms with Gasteiger partial charge in [0.1, 0.15) is 5.75 Å². The van der Waals surface area contributed by atoms with Crippen molar-refractivity contribution in [3.05, 3.63) is 24.3 Å². The zero-order valence-corrected chi connectivity index (χ0v) is 11.6. The lowest BCUT2D eigenvalue weighted by Crippen LogP contribution is -2.04. The largest absolute Gasteiger partial charge is 0.494 e. The summed E-state index contributed by atoms with van der Waals surface area (Å²) in [7, 11) is 0. The van der Waals surface area contributed by atoms with Crippen molar-refractivity contribution < 1.29 is 14.6 Å². The van der Waals surface area contributed by atoms with Crippen molar-refractivity contribution in [2.24, 2.45) is 0 Å². The number of carbonyl (C=O) groups is 1. The van der Waals surface area contributed by atoms with Crippen LogP contribution in [0.5, 0.6) is 5.75 Å². The highest BCUT2D eigenvalue weighted by Crippen LogP contribution is 2.24. The molecule has 106 valence electrons. The minimum Gasteiger partial charge on any atom is -0.494 e. The first-order chi connectivity index (χ1) is 9.61. The Hall–Kier alpha value is -2.22. The Labute approximate surface area is 119 Å². The van der Waals surface area contributed by atoms with Crippen LogP contribution < -0.4 is 10.5 Å². The van der Waals surface area contributed by atoms with Gasteiger partial charge in [0.2, 0.25) is 5.95 Å². The van der Waals surface area contributed by atoms with Gasteiger partial charge < -0.3 is 15.6 Å². The van der Waals surface area contributed by atoms with Crippen molar-refractivity contribution in [3.8, 4) is 11.4 Å². The minimum absolute atomic E-state index is 0.102. The average molecular weight is 294 g/mol. The summed E-state index contributed by atoms with van der Waals surface area (Å²) < 4.78 is 6.96. The Kier molecular flexibility index (Phi) is 4.46. The van der Waals surface area contributed by atoms with Gasteiger partial charge in [-0.05, 0) is 31.2 Å². The molecule has 0 radical (unpaired) electrons. The maximum Gasteiger partial charge on any atom is 0.313 e. The zero-order valence-electron chi connectivity index (χ0n) is 10.8. The highest BCUT2D eigenvalue weighted by molar-refractivity contribution is 7.99. The van der Waals surface area contributed by atoms with Gasteiger partial charge in [-0.25, -0.2) is 0 Å². The van der Waals surface area contributed by atoms with Crippen LogP contribution in [-0.4, -0.2) is 38.2 Å². The number of nitrogens with zero attached hydrogens (tertiary/aromatic N) is 3. The molecule has 0 fully saturated rings. The number of aromatic nitrogens is 3. The van der Waals surface area contributed by atoms with E-state index in [4.69, 9.17) is 15.6 Å². The Morgan fingerprint density at radius 3 is 2.70 bits per heavy atom. The molecule has 20 heavy (non-hydrogen) atoms. The maximum absolute atomic E-state index is 10.6. The number of hydrogen-bond donors (Lipinski definition) is 2. The van der Waals surface area contributed by atoms with E-state index in [1.807, 2.05) is 31.2 Å². The van der Waals surface area contributed by atoms with Crippen molar-refractivity contribution in [2.45, 2.75) is 12.1 Å². The molecule has 1 heterocycles. The summed E-state index contributed by atoms with van der Waals surface area (Å²) in [5.41, 5.74) is 6.53. The van der Waals surface area contributed by atoms with Crippen LogP contribution >= 0.6 is 11.8 Å². The Balaban J connectivity index is 2.26. The SMILES string of the molecule is CCOc1ccc(-n2c(N)nnc2SCC(=O)O)cc1. The number of carboxylic acid groups (broad SMARTS) is 1. The van der Waals surface area contributed by atoms with Gasteiger partial charge in [0.15, 0.2) is 5.16 Å². The lowest BCUT2D eigenvalue weighted by Gasteiger charge is -2.08. The van der Waals surface area contributed by atoms with Gasteiger partial charge in [0, 0.05) is 0 Å². The van der Waals surface area contributed by atoms with Gasteiger partial charge in [-0.2, -0.15) is 0 Å². The second kappa shape index (κ2) is 6.29. The fourth-order valence-electron chi connectivity index (χ4n) is 1.60. The summed E-state index contributed by atoms with van der Waals surface area (Å²) >= 11 is 1.06. The van der Waals surface area contributed by atoms with Crippen LogP contribution in [0.1, 0.15) is 6.92 Å². The molecule has 0 atom stereocenters. The van der Waals surface area contributed by atoms with Crippen LogP contribution in [-0.2, 0) is 4.79 Å². The smallest absolute Gasteiger partial charge is 0.313 e. The first kappa shape index (κ1) is 14.2. The summed E-state index contributed by atoms with van der Waals surface area (Å²) in [6, 6.07) is 7.25. The van der Waals surface area contributed by atoms with Crippen LogP contribution in [0.25, 0.3) is 5.69 Å². The summed E-state index contributed by atoms with van der Waals surface area (Å²) in [5.74, 6) is -0.0608. The number of ether oxygens (including phenoxy) is 1. The normalized spacial score (nSPS) is 10.4. The number of hydrogen-bond acceptors (Lipinski definition) is 6. The third-order valence-corrected chi connectivity index (χ3v) is 3.30. The Morgan fingerprint density at radius 2 is 2.10 bits per heavy atom. The monoisotopic (exact) mass is 294 g/mol. The van der Waals surface area contributed by atoms with Crippen molar-refractivity contribution in [2.75, 3.05) is 18.1 Å². The van der Waals surface area contributed by atoms with Crippen LogP contribution in [0.15, 0.2) is 29.4 Å². The summed E-state index contributed by atoms with van der Waals surface area (Å²) in [5, 5.41) is 16.8. The van der Waals surface area contributed by atoms with Crippen molar-refractivity contribution in [1.82, 2.24) is 14.8 Å². The van der Waals surface area contributed by atoms with Crippen molar-refractivity contribution >= 4 is 23.7 Å².